The highest BCUT2D eigenvalue weighted by molar-refractivity contribution is 9.10. The number of aryl methyl sites for hydroxylation is 1. The van der Waals surface area contributed by atoms with E-state index in [0.29, 0.717) is 36.8 Å². The number of oxazole rings is 1. The summed E-state index contributed by atoms with van der Waals surface area (Å²) < 4.78 is 8.34. The van der Waals surface area contributed by atoms with E-state index in [-0.39, 0.29) is 11.7 Å². The highest BCUT2D eigenvalue weighted by Crippen LogP contribution is 2.25. The normalized spacial score (nSPS) is 10.8. The zero-order valence-electron chi connectivity index (χ0n) is 19.1. The summed E-state index contributed by atoms with van der Waals surface area (Å²) >= 11 is 3.51. The predicted octanol–water partition coefficient (Wildman–Crippen LogP) is 4.52. The molecule has 2 aromatic carbocycles. The van der Waals surface area contributed by atoms with E-state index in [1.54, 1.807) is 20.4 Å². The Labute approximate surface area is 205 Å². The Morgan fingerprint density at radius 2 is 1.91 bits per heavy atom. The molecule has 0 spiro atoms. The number of amides is 2. The molecule has 4 rings (SSSR count). The van der Waals surface area contributed by atoms with Gasteiger partial charge in [-0.3, -0.25) is 9.59 Å². The Bertz CT molecular complexity index is 1340. The van der Waals surface area contributed by atoms with Crippen molar-refractivity contribution in [3.8, 4) is 11.5 Å². The van der Waals surface area contributed by atoms with Crippen LogP contribution in [-0.2, 0) is 17.8 Å². The first-order valence-corrected chi connectivity index (χ1v) is 11.4. The second-order valence-electron chi connectivity index (χ2n) is 8.07. The molecule has 0 unspecified atom stereocenters. The minimum atomic E-state index is -0.248. The van der Waals surface area contributed by atoms with Gasteiger partial charge in [-0.2, -0.15) is 0 Å². The monoisotopic (exact) mass is 521 g/mol. The van der Waals surface area contributed by atoms with Gasteiger partial charge in [0, 0.05) is 37.1 Å². The first-order valence-electron chi connectivity index (χ1n) is 10.6. The van der Waals surface area contributed by atoms with Crippen LogP contribution in [0, 0.1) is 6.92 Å². The van der Waals surface area contributed by atoms with E-state index in [4.69, 9.17) is 4.42 Å². The minimum Gasteiger partial charge on any atom is -0.444 e. The van der Waals surface area contributed by atoms with Crippen molar-refractivity contribution < 1.29 is 14.0 Å². The van der Waals surface area contributed by atoms with Crippen molar-refractivity contribution in [2.75, 3.05) is 19.4 Å². The van der Waals surface area contributed by atoms with E-state index >= 15 is 0 Å². The van der Waals surface area contributed by atoms with Gasteiger partial charge in [-0.1, -0.05) is 40.2 Å². The zero-order chi connectivity index (χ0) is 24.2. The Morgan fingerprint density at radius 3 is 2.59 bits per heavy atom. The van der Waals surface area contributed by atoms with Crippen LogP contribution in [0.5, 0.6) is 0 Å². The molecular weight excluding hydrogens is 498 g/mol. The van der Waals surface area contributed by atoms with E-state index in [1.807, 2.05) is 60.0 Å². The van der Waals surface area contributed by atoms with Gasteiger partial charge in [-0.05, 0) is 42.3 Å². The van der Waals surface area contributed by atoms with E-state index in [2.05, 4.69) is 31.2 Å². The number of imidazole rings is 1. The maximum absolute atomic E-state index is 13.1. The van der Waals surface area contributed by atoms with Crippen LogP contribution in [0.25, 0.3) is 11.5 Å². The van der Waals surface area contributed by atoms with Gasteiger partial charge < -0.3 is 19.2 Å². The van der Waals surface area contributed by atoms with Crippen molar-refractivity contribution in [2.24, 2.45) is 0 Å². The second-order valence-corrected chi connectivity index (χ2v) is 8.99. The Hall–Kier alpha value is -3.72. The van der Waals surface area contributed by atoms with Gasteiger partial charge in [-0.25, -0.2) is 9.97 Å². The number of rotatable bonds is 8. The number of carbonyl (C=O) groups excluding carboxylic acids is 2. The second kappa shape index (κ2) is 10.0. The third-order valence-corrected chi connectivity index (χ3v) is 5.73. The Morgan fingerprint density at radius 1 is 1.15 bits per heavy atom. The van der Waals surface area contributed by atoms with Crippen molar-refractivity contribution in [3.05, 3.63) is 87.6 Å². The number of hydrogen-bond donors (Lipinski definition) is 1. The number of nitrogens with zero attached hydrogens (tertiary/aromatic N) is 4. The van der Waals surface area contributed by atoms with Gasteiger partial charge >= 0.3 is 0 Å². The van der Waals surface area contributed by atoms with Crippen LogP contribution in [0.4, 0.5) is 5.82 Å². The van der Waals surface area contributed by atoms with Crippen molar-refractivity contribution in [3.63, 3.8) is 0 Å². The fourth-order valence-corrected chi connectivity index (χ4v) is 4.14. The molecule has 0 radical (unpaired) electrons. The minimum absolute atomic E-state index is 0.234. The van der Waals surface area contributed by atoms with Gasteiger partial charge in [0.1, 0.15) is 12.1 Å². The highest BCUT2D eigenvalue weighted by Gasteiger charge is 2.25. The smallest absolute Gasteiger partial charge is 0.273 e. The summed E-state index contributed by atoms with van der Waals surface area (Å²) in [6.07, 6.45) is 2.59. The lowest BCUT2D eigenvalue weighted by Crippen LogP contribution is -2.26. The first-order chi connectivity index (χ1) is 16.4. The largest absolute Gasteiger partial charge is 0.444 e. The summed E-state index contributed by atoms with van der Waals surface area (Å²) in [6, 6.07) is 15.7. The molecule has 174 valence electrons. The van der Waals surface area contributed by atoms with Crippen LogP contribution < -0.4 is 5.32 Å². The average Bonchev–Trinajstić information content (AvgIpc) is 3.37. The molecule has 0 atom stereocenters. The third kappa shape index (κ3) is 5.09. The molecule has 2 aromatic heterocycles. The van der Waals surface area contributed by atoms with Crippen molar-refractivity contribution >= 4 is 34.1 Å². The number of hydrogen-bond acceptors (Lipinski definition) is 5. The standard InChI is InChI=1S/C25H24BrN5O3/c1-16-14-34-24(28-16)19-8-4-6-17(10-19)12-21-29-23(27-15-32)22(25(33)30(2)3)31(21)13-18-7-5-9-20(26)11-18/h4-11,14-15H,12-13H2,1-3H3,(H,27,32). The van der Waals surface area contributed by atoms with Gasteiger partial charge in [0.15, 0.2) is 11.5 Å². The van der Waals surface area contributed by atoms with Crippen LogP contribution in [-0.4, -0.2) is 45.8 Å². The van der Waals surface area contributed by atoms with Gasteiger partial charge in [0.05, 0.1) is 5.69 Å². The van der Waals surface area contributed by atoms with Gasteiger partial charge in [0.25, 0.3) is 5.91 Å². The summed E-state index contributed by atoms with van der Waals surface area (Å²) in [4.78, 5) is 34.9. The Kier molecular flexibility index (Phi) is 6.93. The van der Waals surface area contributed by atoms with Crippen molar-refractivity contribution in [2.45, 2.75) is 19.9 Å². The molecule has 0 fully saturated rings. The maximum Gasteiger partial charge on any atom is 0.273 e. The number of carbonyl (C=O) groups is 2. The molecule has 2 heterocycles. The number of anilines is 1. The highest BCUT2D eigenvalue weighted by atomic mass is 79.9. The van der Waals surface area contributed by atoms with Crippen molar-refractivity contribution in [1.29, 1.82) is 0 Å². The maximum atomic E-state index is 13.1. The lowest BCUT2D eigenvalue weighted by atomic mass is 10.1. The topological polar surface area (TPSA) is 93.3 Å². The van der Waals surface area contributed by atoms with Crippen LogP contribution >= 0.6 is 15.9 Å². The molecule has 1 N–H and O–H groups in total. The van der Waals surface area contributed by atoms with E-state index in [0.717, 1.165) is 26.9 Å². The van der Waals surface area contributed by atoms with Crippen molar-refractivity contribution in [1.82, 2.24) is 19.4 Å². The third-order valence-electron chi connectivity index (χ3n) is 5.24. The van der Waals surface area contributed by atoms with Crippen LogP contribution in [0.15, 0.2) is 63.7 Å². The molecule has 0 aliphatic rings. The molecule has 4 aromatic rings. The lowest BCUT2D eigenvalue weighted by molar-refractivity contribution is -0.105. The van der Waals surface area contributed by atoms with Crippen LogP contribution in [0.1, 0.15) is 33.1 Å². The number of nitrogens with one attached hydrogen (secondary N) is 1. The molecule has 0 saturated heterocycles. The molecule has 8 nitrogen and oxygen atoms in total. The summed E-state index contributed by atoms with van der Waals surface area (Å²) in [5.74, 6) is 1.18. The first kappa shape index (κ1) is 23.4. The molecule has 9 heteroatoms. The average molecular weight is 522 g/mol. The quantitative estimate of drug-likeness (QED) is 0.344. The summed E-state index contributed by atoms with van der Waals surface area (Å²) in [5.41, 5.74) is 3.94. The zero-order valence-corrected chi connectivity index (χ0v) is 20.7. The van der Waals surface area contributed by atoms with Gasteiger partial charge in [0.2, 0.25) is 12.3 Å². The van der Waals surface area contributed by atoms with E-state index < -0.39 is 0 Å². The van der Waals surface area contributed by atoms with Crippen LogP contribution in [0.2, 0.25) is 0 Å². The Balaban J connectivity index is 1.79. The molecule has 34 heavy (non-hydrogen) atoms. The number of benzene rings is 2. The van der Waals surface area contributed by atoms with Crippen LogP contribution in [0.3, 0.4) is 0 Å². The molecule has 0 bridgehead atoms. The fourth-order valence-electron chi connectivity index (χ4n) is 3.69. The summed E-state index contributed by atoms with van der Waals surface area (Å²) in [7, 11) is 3.34. The molecule has 0 saturated carbocycles. The molecule has 0 aliphatic heterocycles. The predicted molar refractivity (Wildman–Crippen MR) is 133 cm³/mol. The molecule has 2 amide bonds. The fraction of sp³-hybridized carbons (Fsp3) is 0.200. The summed E-state index contributed by atoms with van der Waals surface area (Å²) in [5, 5.41) is 2.60. The van der Waals surface area contributed by atoms with E-state index in [9.17, 15) is 9.59 Å². The van der Waals surface area contributed by atoms with E-state index in [1.165, 1.54) is 4.90 Å². The lowest BCUT2D eigenvalue weighted by Gasteiger charge is -2.16. The van der Waals surface area contributed by atoms with Gasteiger partial charge in [-0.15, -0.1) is 0 Å². The SMILES string of the molecule is Cc1coc(-c2cccc(Cc3nc(NC=O)c(C(=O)N(C)C)n3Cc3cccc(Br)c3)c2)n1. The molecular formula is C25H24BrN5O3. The number of aromatic nitrogens is 3. The number of halogens is 1. The summed E-state index contributed by atoms with van der Waals surface area (Å²) in [6.45, 7) is 2.29. The molecule has 0 aliphatic carbocycles.